The lowest BCUT2D eigenvalue weighted by molar-refractivity contribution is -0.870. The summed E-state index contributed by atoms with van der Waals surface area (Å²) in [5.74, 6) is -2.02. The van der Waals surface area contributed by atoms with E-state index in [1.54, 1.807) is 0 Å². The van der Waals surface area contributed by atoms with Gasteiger partial charge in [0.2, 0.25) is 0 Å². The van der Waals surface area contributed by atoms with Crippen LogP contribution in [0.1, 0.15) is 271 Å². The number of nitrogens with zero attached hydrogens (tertiary/aromatic N) is 1. The molecule has 87 heavy (non-hydrogen) atoms. The lowest BCUT2D eigenvalue weighted by Gasteiger charge is -2.25. The molecule has 0 spiro atoms. The number of allylic oxidation sites excluding steroid dienone is 24. The maximum atomic E-state index is 13.0. The van der Waals surface area contributed by atoms with Crippen LogP contribution in [-0.2, 0) is 33.3 Å². The number of carbonyl (C=O) groups excluding carboxylic acids is 2. The molecule has 0 aromatic rings. The molecule has 0 aliphatic rings. The van der Waals surface area contributed by atoms with E-state index in [-0.39, 0.29) is 38.6 Å². The van der Waals surface area contributed by atoms with Crippen LogP contribution in [0.5, 0.6) is 0 Å². The fraction of sp³-hybridized carbons (Fsp3) is 0.654. The molecular weight excluding hydrogens is 1080 g/mol. The number of rotatable bonds is 63. The third-order valence-electron chi connectivity index (χ3n) is 14.6. The highest BCUT2D eigenvalue weighted by Crippen LogP contribution is 2.17. The van der Waals surface area contributed by atoms with Gasteiger partial charge in [-0.25, -0.2) is 4.79 Å². The van der Waals surface area contributed by atoms with Crippen LogP contribution in [0.3, 0.4) is 0 Å². The SMILES string of the molecule is CC/C=C\C/C=C\C/C=C\C/C=C\C/C=C\C/C=C\CCCCCCCCCCCCCCCCCCC(=O)OC(COC(=O)CCCCCCCCCC/C=C\C/C=C\C/C=C\C/C=C\C/C=C\C/C=C\CC)COC(OCC[N+](C)(C)C)C(=O)O. The van der Waals surface area contributed by atoms with Crippen molar-refractivity contribution in [2.24, 2.45) is 0 Å². The Hall–Kier alpha value is -4.83. The van der Waals surface area contributed by atoms with Crippen molar-refractivity contribution in [3.63, 3.8) is 0 Å². The predicted molar refractivity (Wildman–Crippen MR) is 373 cm³/mol. The Morgan fingerprint density at radius 3 is 0.920 bits per heavy atom. The minimum Gasteiger partial charge on any atom is -0.477 e. The van der Waals surface area contributed by atoms with Crippen molar-refractivity contribution in [2.45, 2.75) is 283 Å². The Balaban J connectivity index is 4.15. The third-order valence-corrected chi connectivity index (χ3v) is 14.6. The first-order valence-corrected chi connectivity index (χ1v) is 35.0. The number of hydrogen-bond acceptors (Lipinski definition) is 7. The van der Waals surface area contributed by atoms with E-state index in [4.69, 9.17) is 18.9 Å². The van der Waals surface area contributed by atoms with Crippen LogP contribution in [-0.4, -0.2) is 87.4 Å². The predicted octanol–water partition coefficient (Wildman–Crippen LogP) is 21.9. The van der Waals surface area contributed by atoms with Crippen molar-refractivity contribution in [1.29, 1.82) is 0 Å². The normalized spacial score (nSPS) is 13.6. The zero-order valence-corrected chi connectivity index (χ0v) is 56.4. The number of hydrogen-bond donors (Lipinski definition) is 1. The number of carboxylic acids is 1. The molecule has 0 aromatic carbocycles. The summed E-state index contributed by atoms with van der Waals surface area (Å²) in [5, 5.41) is 9.75. The Labute approximate surface area is 534 Å². The van der Waals surface area contributed by atoms with Crippen LogP contribution < -0.4 is 0 Å². The third kappa shape index (κ3) is 68.5. The van der Waals surface area contributed by atoms with E-state index in [2.05, 4.69) is 160 Å². The fourth-order valence-corrected chi connectivity index (χ4v) is 9.32. The molecule has 494 valence electrons. The number of esters is 2. The van der Waals surface area contributed by atoms with Gasteiger partial charge in [-0.1, -0.05) is 288 Å². The van der Waals surface area contributed by atoms with Crippen molar-refractivity contribution >= 4 is 17.9 Å². The largest absolute Gasteiger partial charge is 0.477 e. The van der Waals surface area contributed by atoms with Crippen LogP contribution >= 0.6 is 0 Å². The van der Waals surface area contributed by atoms with Crippen molar-refractivity contribution in [3.8, 4) is 0 Å². The van der Waals surface area contributed by atoms with Crippen LogP contribution in [0.15, 0.2) is 146 Å². The summed E-state index contributed by atoms with van der Waals surface area (Å²) >= 11 is 0. The highest BCUT2D eigenvalue weighted by molar-refractivity contribution is 5.71. The molecule has 2 atom stereocenters. The number of carboxylic acid groups (broad SMARTS) is 1. The molecule has 0 amide bonds. The van der Waals surface area contributed by atoms with Crippen molar-refractivity contribution in [2.75, 3.05) is 47.5 Å². The second-order valence-electron chi connectivity index (χ2n) is 24.1. The summed E-state index contributed by atoms with van der Waals surface area (Å²) in [7, 11) is 5.97. The molecule has 2 unspecified atom stereocenters. The van der Waals surface area contributed by atoms with Gasteiger partial charge in [0.15, 0.2) is 6.10 Å². The number of unbranched alkanes of at least 4 members (excludes halogenated alkanes) is 24. The van der Waals surface area contributed by atoms with E-state index >= 15 is 0 Å². The van der Waals surface area contributed by atoms with Crippen LogP contribution in [0.2, 0.25) is 0 Å². The molecular formula is C78H130NO8+. The van der Waals surface area contributed by atoms with Gasteiger partial charge in [0, 0.05) is 12.8 Å². The summed E-state index contributed by atoms with van der Waals surface area (Å²) in [6.07, 6.45) is 95.2. The van der Waals surface area contributed by atoms with Crippen LogP contribution in [0.4, 0.5) is 0 Å². The quantitative estimate of drug-likeness (QED) is 0.0211. The number of quaternary nitrogens is 1. The minimum atomic E-state index is -1.52. The second-order valence-corrected chi connectivity index (χ2v) is 24.1. The number of likely N-dealkylation sites (N-methyl/N-ethyl adjacent to an activating group) is 1. The molecule has 0 aliphatic carbocycles. The Morgan fingerprint density at radius 2 is 0.621 bits per heavy atom. The molecule has 0 radical (unpaired) electrons. The second kappa shape index (κ2) is 67.1. The molecule has 0 heterocycles. The first-order valence-electron chi connectivity index (χ1n) is 35.0. The van der Waals surface area contributed by atoms with Crippen LogP contribution in [0, 0.1) is 0 Å². The highest BCUT2D eigenvalue weighted by atomic mass is 16.7. The summed E-state index contributed by atoms with van der Waals surface area (Å²) in [6, 6.07) is 0. The Bertz CT molecular complexity index is 1940. The number of ether oxygens (including phenoxy) is 4. The maximum absolute atomic E-state index is 13.0. The topological polar surface area (TPSA) is 108 Å². The molecule has 0 rings (SSSR count). The Morgan fingerprint density at radius 1 is 0.345 bits per heavy atom. The van der Waals surface area contributed by atoms with Gasteiger partial charge in [-0.3, -0.25) is 9.59 Å². The first-order chi connectivity index (χ1) is 42.6. The van der Waals surface area contributed by atoms with Crippen LogP contribution in [0.25, 0.3) is 0 Å². The highest BCUT2D eigenvalue weighted by Gasteiger charge is 2.25. The standard InChI is InChI=1S/C78H129NO8/c1-6-8-10-12-14-16-18-20-22-24-26-28-30-32-34-35-36-37-38-39-40-41-43-45-47-49-51-53-55-57-59-61-63-65-67-69-76(81)87-74(73-86-78(77(82)83)84-71-70-79(3,4)5)72-85-75(80)68-66-64-62-60-58-56-54-52-50-48-46-44-42-33-31-29-27-25-23-21-19-17-15-13-11-9-7-2/h8-11,14-17,20-23,26-29,32-34,36-37,42,46,48,74,78H,6-7,12-13,18-19,24-25,30-31,35,38-41,43-45,47,49-73H2,1-5H3/p+1/b10-8-,11-9-,16-14-,17-15-,22-20-,23-21-,28-26-,29-27-,34-32-,37-36-,42-33-,48-46-. The summed E-state index contributed by atoms with van der Waals surface area (Å²) < 4.78 is 23.0. The van der Waals surface area contributed by atoms with Crippen molar-refractivity contribution in [1.82, 2.24) is 0 Å². The van der Waals surface area contributed by atoms with E-state index in [1.165, 1.54) is 116 Å². The molecule has 0 fully saturated rings. The van der Waals surface area contributed by atoms with Gasteiger partial charge in [-0.05, 0) is 116 Å². The summed E-state index contributed by atoms with van der Waals surface area (Å²) in [4.78, 5) is 37.6. The van der Waals surface area contributed by atoms with E-state index < -0.39 is 24.3 Å². The first kappa shape index (κ1) is 82.2. The van der Waals surface area contributed by atoms with Gasteiger partial charge in [-0.2, -0.15) is 0 Å². The lowest BCUT2D eigenvalue weighted by atomic mass is 10.0. The average molecular weight is 1210 g/mol. The maximum Gasteiger partial charge on any atom is 0.361 e. The average Bonchev–Trinajstić information content (AvgIpc) is 3.56. The van der Waals surface area contributed by atoms with Gasteiger partial charge in [-0.15, -0.1) is 0 Å². The molecule has 0 aromatic heterocycles. The van der Waals surface area contributed by atoms with Gasteiger partial charge in [0.05, 0.1) is 34.4 Å². The van der Waals surface area contributed by atoms with Crippen molar-refractivity contribution < 1.29 is 42.9 Å². The molecule has 0 bridgehead atoms. The van der Waals surface area contributed by atoms with Crippen molar-refractivity contribution in [3.05, 3.63) is 146 Å². The van der Waals surface area contributed by atoms with E-state index in [9.17, 15) is 19.5 Å². The van der Waals surface area contributed by atoms with E-state index in [1.807, 2.05) is 21.1 Å². The summed E-state index contributed by atoms with van der Waals surface area (Å²) in [6.45, 7) is 4.64. The van der Waals surface area contributed by atoms with Gasteiger partial charge >= 0.3 is 17.9 Å². The monoisotopic (exact) mass is 1210 g/mol. The number of aliphatic carboxylic acids is 1. The smallest absolute Gasteiger partial charge is 0.361 e. The molecule has 0 saturated heterocycles. The van der Waals surface area contributed by atoms with Gasteiger partial charge < -0.3 is 28.5 Å². The van der Waals surface area contributed by atoms with E-state index in [0.717, 1.165) is 122 Å². The summed E-state index contributed by atoms with van der Waals surface area (Å²) in [5.41, 5.74) is 0. The molecule has 0 aliphatic heterocycles. The number of carbonyl (C=O) groups is 3. The molecule has 0 saturated carbocycles. The molecule has 1 N–H and O–H groups in total. The molecule has 9 nitrogen and oxygen atoms in total. The fourth-order valence-electron chi connectivity index (χ4n) is 9.32. The lowest BCUT2D eigenvalue weighted by Crippen LogP contribution is -2.40. The Kier molecular flexibility index (Phi) is 63.4. The zero-order chi connectivity index (χ0) is 63.3. The zero-order valence-electron chi connectivity index (χ0n) is 56.4. The molecule has 9 heteroatoms. The van der Waals surface area contributed by atoms with E-state index in [0.29, 0.717) is 17.4 Å². The minimum absolute atomic E-state index is 0.180. The van der Waals surface area contributed by atoms with Gasteiger partial charge in [0.25, 0.3) is 6.29 Å². The van der Waals surface area contributed by atoms with Gasteiger partial charge in [0.1, 0.15) is 13.2 Å².